The molecule has 1 unspecified atom stereocenters. The number of carbonyl (C=O) groups excluding carboxylic acids is 1. The molecule has 0 saturated carbocycles. The number of nitrogens with one attached hydrogen (secondary N) is 1. The van der Waals surface area contributed by atoms with Crippen LogP contribution in [0.5, 0.6) is 0 Å². The largest absolute Gasteiger partial charge is 0.465 e. The lowest BCUT2D eigenvalue weighted by atomic mass is 10.1. The predicted octanol–water partition coefficient (Wildman–Crippen LogP) is 1.83. The van der Waals surface area contributed by atoms with Crippen LogP contribution in [0.25, 0.3) is 0 Å². The van der Waals surface area contributed by atoms with E-state index >= 15 is 0 Å². The van der Waals surface area contributed by atoms with Crippen LogP contribution in [0, 0.1) is 0 Å². The van der Waals surface area contributed by atoms with E-state index < -0.39 is 0 Å². The van der Waals surface area contributed by atoms with Crippen LogP contribution in [0.4, 0.5) is 0 Å². The predicted molar refractivity (Wildman–Crippen MR) is 77.0 cm³/mol. The summed E-state index contributed by atoms with van der Waals surface area (Å²) in [5.41, 5.74) is 0.945. The maximum atomic E-state index is 12.0. The Morgan fingerprint density at radius 1 is 1.32 bits per heavy atom. The third-order valence-electron chi connectivity index (χ3n) is 3.04. The SMILES string of the molecule is CCOC(=O)C(NCCN(C)CC)c1ccccc1. The van der Waals surface area contributed by atoms with Crippen LogP contribution in [0.2, 0.25) is 0 Å². The van der Waals surface area contributed by atoms with Gasteiger partial charge in [-0.25, -0.2) is 4.79 Å². The number of esters is 1. The number of hydrogen-bond acceptors (Lipinski definition) is 4. The lowest BCUT2D eigenvalue weighted by molar-refractivity contribution is -0.145. The molecule has 19 heavy (non-hydrogen) atoms. The van der Waals surface area contributed by atoms with Gasteiger partial charge in [-0.2, -0.15) is 0 Å². The second-order valence-corrected chi connectivity index (χ2v) is 4.45. The second-order valence-electron chi connectivity index (χ2n) is 4.45. The van der Waals surface area contributed by atoms with Crippen molar-refractivity contribution in [3.63, 3.8) is 0 Å². The molecule has 0 spiro atoms. The van der Waals surface area contributed by atoms with Crippen molar-refractivity contribution >= 4 is 5.97 Å². The van der Waals surface area contributed by atoms with Crippen molar-refractivity contribution in [1.82, 2.24) is 10.2 Å². The van der Waals surface area contributed by atoms with E-state index in [4.69, 9.17) is 4.74 Å². The van der Waals surface area contributed by atoms with Gasteiger partial charge in [0, 0.05) is 13.1 Å². The average molecular weight is 264 g/mol. The first-order chi connectivity index (χ1) is 9.19. The van der Waals surface area contributed by atoms with E-state index in [1.165, 1.54) is 0 Å². The molecule has 0 fully saturated rings. The molecule has 0 aromatic heterocycles. The Morgan fingerprint density at radius 2 is 2.00 bits per heavy atom. The molecule has 0 saturated heterocycles. The maximum absolute atomic E-state index is 12.0. The number of likely N-dealkylation sites (N-methyl/N-ethyl adjacent to an activating group) is 1. The molecule has 0 aliphatic carbocycles. The zero-order valence-corrected chi connectivity index (χ0v) is 12.1. The lowest BCUT2D eigenvalue weighted by Gasteiger charge is -2.20. The van der Waals surface area contributed by atoms with Crippen molar-refractivity contribution in [3.05, 3.63) is 35.9 Å². The third-order valence-corrected chi connectivity index (χ3v) is 3.04. The normalized spacial score (nSPS) is 12.4. The van der Waals surface area contributed by atoms with E-state index in [0.29, 0.717) is 6.61 Å². The van der Waals surface area contributed by atoms with E-state index in [1.807, 2.05) is 37.3 Å². The highest BCUT2D eigenvalue weighted by Gasteiger charge is 2.20. The molecule has 4 nitrogen and oxygen atoms in total. The van der Waals surface area contributed by atoms with E-state index in [1.54, 1.807) is 0 Å². The van der Waals surface area contributed by atoms with Crippen molar-refractivity contribution < 1.29 is 9.53 Å². The van der Waals surface area contributed by atoms with Crippen molar-refractivity contribution in [3.8, 4) is 0 Å². The molecular formula is C15H24N2O2. The third kappa shape index (κ3) is 5.41. The summed E-state index contributed by atoms with van der Waals surface area (Å²) in [5, 5.41) is 3.27. The Balaban J connectivity index is 2.63. The van der Waals surface area contributed by atoms with Gasteiger partial charge in [-0.05, 0) is 26.1 Å². The summed E-state index contributed by atoms with van der Waals surface area (Å²) in [7, 11) is 2.06. The van der Waals surface area contributed by atoms with Crippen molar-refractivity contribution in [1.29, 1.82) is 0 Å². The minimum absolute atomic E-state index is 0.215. The fourth-order valence-corrected chi connectivity index (χ4v) is 1.77. The highest BCUT2D eigenvalue weighted by Crippen LogP contribution is 2.14. The number of hydrogen-bond donors (Lipinski definition) is 1. The van der Waals surface area contributed by atoms with E-state index in [9.17, 15) is 4.79 Å². The number of nitrogens with zero attached hydrogens (tertiary/aromatic N) is 1. The van der Waals surface area contributed by atoms with Crippen molar-refractivity contribution in [2.45, 2.75) is 19.9 Å². The number of carbonyl (C=O) groups is 1. The monoisotopic (exact) mass is 264 g/mol. The highest BCUT2D eigenvalue weighted by molar-refractivity contribution is 5.77. The molecule has 0 aliphatic heterocycles. The van der Waals surface area contributed by atoms with Gasteiger partial charge in [0.05, 0.1) is 6.61 Å². The molecule has 0 aliphatic rings. The van der Waals surface area contributed by atoms with Crippen LogP contribution in [0.1, 0.15) is 25.5 Å². The fourth-order valence-electron chi connectivity index (χ4n) is 1.77. The summed E-state index contributed by atoms with van der Waals surface area (Å²) in [6.07, 6.45) is 0. The fraction of sp³-hybridized carbons (Fsp3) is 0.533. The Morgan fingerprint density at radius 3 is 2.58 bits per heavy atom. The Kier molecular flexibility index (Phi) is 7.15. The van der Waals surface area contributed by atoms with Crippen LogP contribution in [-0.4, -0.2) is 44.2 Å². The second kappa shape index (κ2) is 8.67. The minimum Gasteiger partial charge on any atom is -0.465 e. The Bertz CT molecular complexity index is 368. The minimum atomic E-state index is -0.383. The summed E-state index contributed by atoms with van der Waals surface area (Å²) in [6.45, 7) is 6.99. The van der Waals surface area contributed by atoms with Gasteiger partial charge in [-0.3, -0.25) is 5.32 Å². The van der Waals surface area contributed by atoms with Crippen molar-refractivity contribution in [2.75, 3.05) is 33.3 Å². The van der Waals surface area contributed by atoms with Crippen LogP contribution in [0.3, 0.4) is 0 Å². The van der Waals surface area contributed by atoms with Crippen LogP contribution in [-0.2, 0) is 9.53 Å². The van der Waals surface area contributed by atoms with Gasteiger partial charge in [0.1, 0.15) is 6.04 Å². The van der Waals surface area contributed by atoms with Gasteiger partial charge in [0.25, 0.3) is 0 Å². The quantitative estimate of drug-likeness (QED) is 0.727. The molecule has 1 rings (SSSR count). The Hall–Kier alpha value is -1.39. The molecule has 0 amide bonds. The van der Waals surface area contributed by atoms with Gasteiger partial charge >= 0.3 is 5.97 Å². The van der Waals surface area contributed by atoms with Crippen LogP contribution >= 0.6 is 0 Å². The first-order valence-electron chi connectivity index (χ1n) is 6.82. The van der Waals surface area contributed by atoms with Crippen LogP contribution < -0.4 is 5.32 Å². The summed E-state index contributed by atoms with van der Waals surface area (Å²) >= 11 is 0. The van der Waals surface area contributed by atoms with Gasteiger partial charge < -0.3 is 9.64 Å². The molecule has 106 valence electrons. The first kappa shape index (κ1) is 15.7. The smallest absolute Gasteiger partial charge is 0.327 e. The van der Waals surface area contributed by atoms with Gasteiger partial charge in [-0.15, -0.1) is 0 Å². The Labute approximate surface area is 115 Å². The molecule has 4 heteroatoms. The first-order valence-corrected chi connectivity index (χ1v) is 6.82. The molecule has 0 heterocycles. The lowest BCUT2D eigenvalue weighted by Crippen LogP contribution is -2.35. The molecule has 1 aromatic carbocycles. The zero-order valence-electron chi connectivity index (χ0n) is 12.1. The average Bonchev–Trinajstić information content (AvgIpc) is 2.44. The molecule has 0 bridgehead atoms. The zero-order chi connectivity index (χ0) is 14.1. The standard InChI is InChI=1S/C15H24N2O2/c1-4-17(3)12-11-16-14(15(18)19-5-2)13-9-7-6-8-10-13/h6-10,14,16H,4-5,11-12H2,1-3H3. The van der Waals surface area contributed by atoms with E-state index in [-0.39, 0.29) is 12.0 Å². The highest BCUT2D eigenvalue weighted by atomic mass is 16.5. The van der Waals surface area contributed by atoms with E-state index in [2.05, 4.69) is 24.2 Å². The molecule has 1 aromatic rings. The van der Waals surface area contributed by atoms with E-state index in [0.717, 1.165) is 25.2 Å². The summed E-state index contributed by atoms with van der Waals surface area (Å²) in [6, 6.07) is 9.31. The molecule has 1 N–H and O–H groups in total. The molecular weight excluding hydrogens is 240 g/mol. The summed E-state index contributed by atoms with van der Waals surface area (Å²) in [4.78, 5) is 14.2. The molecule has 1 atom stereocenters. The number of ether oxygens (including phenoxy) is 1. The maximum Gasteiger partial charge on any atom is 0.327 e. The van der Waals surface area contributed by atoms with Gasteiger partial charge in [0.2, 0.25) is 0 Å². The number of benzene rings is 1. The summed E-state index contributed by atoms with van der Waals surface area (Å²) in [5.74, 6) is -0.215. The topological polar surface area (TPSA) is 41.6 Å². The number of rotatable bonds is 8. The van der Waals surface area contributed by atoms with Gasteiger partial charge in [0.15, 0.2) is 0 Å². The molecule has 0 radical (unpaired) electrons. The van der Waals surface area contributed by atoms with Crippen molar-refractivity contribution in [2.24, 2.45) is 0 Å². The summed E-state index contributed by atoms with van der Waals surface area (Å²) < 4.78 is 5.13. The van der Waals surface area contributed by atoms with Crippen LogP contribution in [0.15, 0.2) is 30.3 Å². The van der Waals surface area contributed by atoms with Gasteiger partial charge in [-0.1, -0.05) is 37.3 Å².